The van der Waals surface area contributed by atoms with Gasteiger partial charge in [-0.2, -0.15) is 0 Å². The minimum Gasteiger partial charge on any atom is -0.458 e. The highest BCUT2D eigenvalue weighted by Gasteiger charge is 2.73. The van der Waals surface area contributed by atoms with Crippen molar-refractivity contribution in [3.8, 4) is 0 Å². The van der Waals surface area contributed by atoms with Crippen molar-refractivity contribution in [1.29, 1.82) is 0 Å². The normalized spacial score (nSPS) is 43.8. The Kier molecular flexibility index (Phi) is 11.7. The zero-order chi connectivity index (χ0) is 39.2. The van der Waals surface area contributed by atoms with Crippen molar-refractivity contribution in [1.82, 2.24) is 0 Å². The molecule has 0 radical (unpaired) electrons. The number of carbonyl (C=O) groups excluding carboxylic acids is 1. The molecule has 4 saturated carbocycles. The number of cyclic esters (lactones) is 1. The van der Waals surface area contributed by atoms with Crippen LogP contribution in [0.15, 0.2) is 11.6 Å². The van der Waals surface area contributed by atoms with Crippen LogP contribution in [0.2, 0.25) is 78.6 Å². The van der Waals surface area contributed by atoms with Gasteiger partial charge in [-0.1, -0.05) is 13.8 Å². The van der Waals surface area contributed by atoms with Gasteiger partial charge >= 0.3 is 5.97 Å². The standard InChI is InChI=1S/C41H76O8Si4/c1-27-38(48-52(10,11)12)34(46-50(4,5)6)25-37(44-27)45-30-18-20-39(2)29(23-30)16-17-32-33(39)24-35(47-51(7,8)9)40(3)31(28-22-36(42)43-26-28)19-21-41(32,40)49-53(13,14)15/h22,27,29-35,37-38H,16-21,23-26H2,1-15H3/t27?,29?,30?,31-,32-,33+,34?,35?,37?,38?,39+,40+,41+/m1/s1. The molecular weight excluding hydrogens is 733 g/mol. The number of rotatable bonds is 11. The molecule has 2 heterocycles. The van der Waals surface area contributed by atoms with Crippen molar-refractivity contribution in [3.05, 3.63) is 11.6 Å². The molecule has 304 valence electrons. The van der Waals surface area contributed by atoms with Crippen LogP contribution < -0.4 is 0 Å². The first kappa shape index (κ1) is 42.4. The van der Waals surface area contributed by atoms with Crippen molar-refractivity contribution in [2.45, 2.75) is 200 Å². The Hall–Kier alpha value is -0.162. The molecule has 2 aliphatic heterocycles. The predicted octanol–water partition coefficient (Wildman–Crippen LogP) is 9.89. The average molecular weight is 809 g/mol. The molecule has 6 rings (SSSR count). The van der Waals surface area contributed by atoms with Crippen molar-refractivity contribution in [3.63, 3.8) is 0 Å². The molecule has 8 nitrogen and oxygen atoms in total. The summed E-state index contributed by atoms with van der Waals surface area (Å²) < 4.78 is 47.8. The third kappa shape index (κ3) is 8.67. The Morgan fingerprint density at radius 1 is 0.736 bits per heavy atom. The zero-order valence-electron chi connectivity index (χ0n) is 36.2. The summed E-state index contributed by atoms with van der Waals surface area (Å²) in [5.41, 5.74) is 0.841. The zero-order valence-corrected chi connectivity index (χ0v) is 40.2. The van der Waals surface area contributed by atoms with Gasteiger partial charge in [-0.25, -0.2) is 4.79 Å². The van der Waals surface area contributed by atoms with E-state index in [9.17, 15) is 4.79 Å². The number of carbonyl (C=O) groups is 1. The number of hydrogen-bond acceptors (Lipinski definition) is 8. The highest BCUT2D eigenvalue weighted by Crippen LogP contribution is 2.72. The van der Waals surface area contributed by atoms with E-state index in [0.29, 0.717) is 24.4 Å². The van der Waals surface area contributed by atoms with Crippen LogP contribution in [0.1, 0.15) is 78.6 Å². The minimum atomic E-state index is -1.99. The molecule has 12 heteroatoms. The predicted molar refractivity (Wildman–Crippen MR) is 222 cm³/mol. The van der Waals surface area contributed by atoms with Crippen LogP contribution in [0.3, 0.4) is 0 Å². The molecule has 13 atom stereocenters. The second kappa shape index (κ2) is 14.6. The molecule has 4 aliphatic carbocycles. The second-order valence-corrected chi connectivity index (χ2v) is 40.1. The molecular formula is C41H76O8Si4. The fourth-order valence-corrected chi connectivity index (χ4v) is 17.3. The first-order valence-electron chi connectivity index (χ1n) is 21.1. The number of ether oxygens (including phenoxy) is 3. The third-order valence-electron chi connectivity index (χ3n) is 13.9. The molecule has 53 heavy (non-hydrogen) atoms. The monoisotopic (exact) mass is 808 g/mol. The van der Waals surface area contributed by atoms with Gasteiger partial charge in [0, 0.05) is 17.9 Å². The molecule has 0 spiro atoms. The van der Waals surface area contributed by atoms with Crippen LogP contribution in [-0.4, -0.2) is 88.3 Å². The molecule has 0 amide bonds. The fourth-order valence-electron chi connectivity index (χ4n) is 12.2. The van der Waals surface area contributed by atoms with Crippen LogP contribution in [0.4, 0.5) is 0 Å². The van der Waals surface area contributed by atoms with Gasteiger partial charge in [-0.15, -0.1) is 0 Å². The van der Waals surface area contributed by atoms with Gasteiger partial charge in [-0.05, 0) is 172 Å². The quantitative estimate of drug-likeness (QED) is 0.116. The third-order valence-corrected chi connectivity index (χ3v) is 17.9. The Bertz CT molecular complexity index is 1380. The summed E-state index contributed by atoms with van der Waals surface area (Å²) >= 11 is 0. The van der Waals surface area contributed by atoms with Gasteiger partial charge in [0.05, 0.1) is 36.1 Å². The van der Waals surface area contributed by atoms with Crippen LogP contribution in [0, 0.1) is 34.5 Å². The SMILES string of the molecule is CC1OC(OC2CC[C@@]3(C)C(CC[C@@H]4[C@@H]3CC(O[Si](C)(C)C)[C@]3(C)[C@@H](C5=CC(=O)OC5)CC[C@]43O[Si](C)(C)C)C2)CC(O[Si](C)(C)C)C1O[Si](C)(C)C. The molecule has 6 aliphatic rings. The lowest BCUT2D eigenvalue weighted by Crippen LogP contribution is -2.70. The number of esters is 1. The summed E-state index contributed by atoms with van der Waals surface area (Å²) in [5.74, 6) is 1.60. The van der Waals surface area contributed by atoms with E-state index in [-0.39, 0.29) is 65.1 Å². The highest BCUT2D eigenvalue weighted by molar-refractivity contribution is 6.71. The lowest BCUT2D eigenvalue weighted by Gasteiger charge is -2.68. The smallest absolute Gasteiger partial charge is 0.331 e. The van der Waals surface area contributed by atoms with Gasteiger partial charge in [0.25, 0.3) is 0 Å². The molecule has 0 aromatic carbocycles. The fraction of sp³-hybridized carbons (Fsp3) is 0.927. The lowest BCUT2D eigenvalue weighted by molar-refractivity contribution is -0.269. The van der Waals surface area contributed by atoms with Crippen LogP contribution in [0.5, 0.6) is 0 Å². The highest BCUT2D eigenvalue weighted by atomic mass is 28.4. The van der Waals surface area contributed by atoms with Crippen molar-refractivity contribution in [2.24, 2.45) is 34.5 Å². The summed E-state index contributed by atoms with van der Waals surface area (Å²) in [6.45, 7) is 35.4. The van der Waals surface area contributed by atoms with E-state index in [1.807, 2.05) is 0 Å². The lowest BCUT2D eigenvalue weighted by atomic mass is 9.42. The number of fused-ring (bicyclic) bond motifs is 5. The summed E-state index contributed by atoms with van der Waals surface area (Å²) in [6.07, 6.45) is 11.2. The van der Waals surface area contributed by atoms with Crippen molar-refractivity contribution >= 4 is 39.2 Å². The maximum Gasteiger partial charge on any atom is 0.331 e. The van der Waals surface area contributed by atoms with E-state index in [1.165, 1.54) is 12.8 Å². The molecule has 0 aromatic heterocycles. The average Bonchev–Trinajstić information content (AvgIpc) is 3.53. The van der Waals surface area contributed by atoms with Crippen LogP contribution >= 0.6 is 0 Å². The van der Waals surface area contributed by atoms with Gasteiger partial charge in [0.15, 0.2) is 39.6 Å². The molecule has 1 saturated heterocycles. The van der Waals surface area contributed by atoms with E-state index in [2.05, 4.69) is 99.3 Å². The van der Waals surface area contributed by atoms with Gasteiger partial charge in [0.1, 0.15) is 6.61 Å². The Balaban J connectivity index is 1.26. The van der Waals surface area contributed by atoms with Gasteiger partial charge < -0.3 is 31.9 Å². The molecule has 0 aromatic rings. The van der Waals surface area contributed by atoms with Crippen LogP contribution in [-0.2, 0) is 36.7 Å². The second-order valence-electron chi connectivity index (χ2n) is 22.3. The Morgan fingerprint density at radius 2 is 1.40 bits per heavy atom. The summed E-state index contributed by atoms with van der Waals surface area (Å²) in [4.78, 5) is 12.5. The molecule has 7 unspecified atom stereocenters. The first-order valence-corrected chi connectivity index (χ1v) is 34.8. The largest absolute Gasteiger partial charge is 0.458 e. The van der Waals surface area contributed by atoms with E-state index in [1.54, 1.807) is 6.08 Å². The van der Waals surface area contributed by atoms with E-state index < -0.39 is 33.3 Å². The topological polar surface area (TPSA) is 81.7 Å². The van der Waals surface area contributed by atoms with Crippen molar-refractivity contribution in [2.75, 3.05) is 6.61 Å². The summed E-state index contributed by atoms with van der Waals surface area (Å²) in [7, 11) is -7.54. The maximum absolute atomic E-state index is 12.5. The van der Waals surface area contributed by atoms with Crippen LogP contribution in [0.25, 0.3) is 0 Å². The van der Waals surface area contributed by atoms with Gasteiger partial charge in [0.2, 0.25) is 0 Å². The molecule has 0 bridgehead atoms. The van der Waals surface area contributed by atoms with E-state index in [4.69, 9.17) is 31.9 Å². The van der Waals surface area contributed by atoms with Gasteiger partial charge in [-0.3, -0.25) is 0 Å². The number of hydrogen-bond donors (Lipinski definition) is 0. The summed E-state index contributed by atoms with van der Waals surface area (Å²) in [6, 6.07) is 0. The summed E-state index contributed by atoms with van der Waals surface area (Å²) in [5, 5.41) is 0. The molecule has 0 N–H and O–H groups in total. The first-order chi connectivity index (χ1) is 24.2. The maximum atomic E-state index is 12.5. The molecule has 5 fully saturated rings. The minimum absolute atomic E-state index is 0.00578. The van der Waals surface area contributed by atoms with E-state index >= 15 is 0 Å². The Labute approximate surface area is 327 Å². The Morgan fingerprint density at radius 3 is 1.98 bits per heavy atom. The van der Waals surface area contributed by atoms with Crippen molar-refractivity contribution < 1.29 is 36.7 Å². The van der Waals surface area contributed by atoms with E-state index in [0.717, 1.165) is 50.5 Å².